The van der Waals surface area contributed by atoms with Crippen LogP contribution in [0.1, 0.15) is 54.0 Å². The molecule has 0 fully saturated rings. The third-order valence-electron chi connectivity index (χ3n) is 4.90. The van der Waals surface area contributed by atoms with Gasteiger partial charge in [0.05, 0.1) is 0 Å². The Balaban J connectivity index is 2.00. The molecule has 0 aliphatic heterocycles. The Morgan fingerprint density at radius 3 is 2.35 bits per heavy atom. The van der Waals surface area contributed by atoms with Crippen molar-refractivity contribution in [2.24, 2.45) is 0 Å². The Morgan fingerprint density at radius 1 is 1.06 bits per heavy atom. The van der Waals surface area contributed by atoms with Crippen LogP contribution in [0.25, 0.3) is 0 Å². The zero-order chi connectivity index (χ0) is 22.4. The molecular weight excluding hydrogens is 408 g/mol. The number of nitrogens with zero attached hydrogens (tertiary/aromatic N) is 3. The Hall–Kier alpha value is -3.06. The fourth-order valence-electron chi connectivity index (χ4n) is 3.43. The molecule has 0 spiro atoms. The monoisotopic (exact) mass is 436 g/mol. The molecule has 1 aromatic heterocycles. The van der Waals surface area contributed by atoms with E-state index in [1.807, 2.05) is 76.2 Å². The van der Waals surface area contributed by atoms with Gasteiger partial charge in [0.1, 0.15) is 6.04 Å². The first kappa shape index (κ1) is 22.6. The van der Waals surface area contributed by atoms with Crippen molar-refractivity contribution in [3.63, 3.8) is 0 Å². The van der Waals surface area contributed by atoms with Crippen molar-refractivity contribution in [2.45, 2.75) is 45.7 Å². The van der Waals surface area contributed by atoms with Gasteiger partial charge in [0, 0.05) is 17.5 Å². The van der Waals surface area contributed by atoms with Gasteiger partial charge < -0.3 is 10.2 Å². The predicted octanol–water partition coefficient (Wildman–Crippen LogP) is 4.19. The fraction of sp³-hybridized carbons (Fsp3) is 0.333. The minimum Gasteiger partial charge on any atom is -0.349 e. The zero-order valence-corrected chi connectivity index (χ0v) is 19.1. The molecule has 0 saturated heterocycles. The highest BCUT2D eigenvalue weighted by Gasteiger charge is 2.34. The second-order valence-electron chi connectivity index (χ2n) is 8.52. The summed E-state index contributed by atoms with van der Waals surface area (Å²) < 4.78 is 3.84. The van der Waals surface area contributed by atoms with E-state index >= 15 is 0 Å². The molecule has 0 saturated carbocycles. The molecule has 3 aromatic rings. The van der Waals surface area contributed by atoms with Gasteiger partial charge in [0.15, 0.2) is 5.69 Å². The van der Waals surface area contributed by atoms with E-state index < -0.39 is 11.6 Å². The van der Waals surface area contributed by atoms with E-state index in [-0.39, 0.29) is 17.5 Å². The minimum atomic E-state index is -0.779. The summed E-state index contributed by atoms with van der Waals surface area (Å²) in [6.07, 6.45) is 0.627. The Labute approximate surface area is 187 Å². The summed E-state index contributed by atoms with van der Waals surface area (Å²) in [7, 11) is 0. The maximum absolute atomic E-state index is 13.4. The summed E-state index contributed by atoms with van der Waals surface area (Å²) >= 11 is 1.12. The summed E-state index contributed by atoms with van der Waals surface area (Å²) in [6, 6.07) is 16.7. The minimum absolute atomic E-state index is 0.222. The van der Waals surface area contributed by atoms with E-state index in [9.17, 15) is 9.59 Å². The maximum atomic E-state index is 13.4. The molecule has 1 heterocycles. The molecular formula is C24H28N4O2S. The summed E-state index contributed by atoms with van der Waals surface area (Å²) in [5.41, 5.74) is 2.86. The van der Waals surface area contributed by atoms with E-state index in [1.165, 1.54) is 0 Å². The van der Waals surface area contributed by atoms with Crippen molar-refractivity contribution in [1.82, 2.24) is 19.8 Å². The highest BCUT2D eigenvalue weighted by Crippen LogP contribution is 2.25. The molecule has 31 heavy (non-hydrogen) atoms. The first-order valence-electron chi connectivity index (χ1n) is 10.3. The van der Waals surface area contributed by atoms with Gasteiger partial charge in [-0.05, 0) is 62.3 Å². The van der Waals surface area contributed by atoms with Gasteiger partial charge in [0.25, 0.3) is 5.91 Å². The van der Waals surface area contributed by atoms with Gasteiger partial charge in [0.2, 0.25) is 5.91 Å². The molecule has 1 N–H and O–H groups in total. The van der Waals surface area contributed by atoms with Crippen LogP contribution in [0.5, 0.6) is 0 Å². The van der Waals surface area contributed by atoms with Crippen molar-refractivity contribution in [1.29, 1.82) is 0 Å². The number of nitrogens with one attached hydrogen (secondary N) is 1. The van der Waals surface area contributed by atoms with Crippen LogP contribution in [-0.2, 0) is 11.2 Å². The van der Waals surface area contributed by atoms with E-state index in [2.05, 4.69) is 21.0 Å². The van der Waals surface area contributed by atoms with E-state index in [0.29, 0.717) is 13.0 Å². The second-order valence-corrected chi connectivity index (χ2v) is 9.13. The SMILES string of the molecule is Cc1ccccc1CCN(C(=O)c1csnn1)[C@@H](C(=O)NC(C)(C)C)c1ccccc1. The molecule has 3 rings (SSSR count). The number of hydrogen-bond donors (Lipinski definition) is 1. The first-order valence-corrected chi connectivity index (χ1v) is 11.1. The van der Waals surface area contributed by atoms with Crippen LogP contribution in [0.4, 0.5) is 0 Å². The highest BCUT2D eigenvalue weighted by molar-refractivity contribution is 7.03. The standard InChI is InChI=1S/C24H28N4O2S/c1-17-10-8-9-11-18(17)14-15-28(23(30)20-16-31-27-26-20)21(19-12-6-5-7-13-19)22(29)25-24(2,3)4/h5-13,16,21H,14-15H2,1-4H3,(H,25,29)/t21-/m1/s1. The molecule has 2 aromatic carbocycles. The molecule has 0 aliphatic rings. The van der Waals surface area contributed by atoms with E-state index in [4.69, 9.17) is 0 Å². The normalized spacial score (nSPS) is 12.3. The van der Waals surface area contributed by atoms with Crippen LogP contribution in [0.3, 0.4) is 0 Å². The first-order chi connectivity index (χ1) is 14.8. The van der Waals surface area contributed by atoms with Crippen molar-refractivity contribution in [2.75, 3.05) is 6.54 Å². The lowest BCUT2D eigenvalue weighted by molar-refractivity contribution is -0.127. The predicted molar refractivity (Wildman–Crippen MR) is 123 cm³/mol. The third kappa shape index (κ3) is 5.98. The van der Waals surface area contributed by atoms with Gasteiger partial charge in [-0.15, -0.1) is 5.10 Å². The maximum Gasteiger partial charge on any atom is 0.276 e. The average molecular weight is 437 g/mol. The summed E-state index contributed by atoms with van der Waals surface area (Å²) in [4.78, 5) is 28.5. The second kappa shape index (κ2) is 9.83. The number of aryl methyl sites for hydroxylation is 1. The lowest BCUT2D eigenvalue weighted by Gasteiger charge is -2.33. The van der Waals surface area contributed by atoms with Gasteiger partial charge in [-0.1, -0.05) is 59.1 Å². The number of amides is 2. The van der Waals surface area contributed by atoms with Crippen molar-refractivity contribution >= 4 is 23.3 Å². The molecule has 162 valence electrons. The van der Waals surface area contributed by atoms with Gasteiger partial charge in [-0.25, -0.2) is 0 Å². The van der Waals surface area contributed by atoms with Crippen molar-refractivity contribution < 1.29 is 9.59 Å². The van der Waals surface area contributed by atoms with Crippen LogP contribution < -0.4 is 5.32 Å². The molecule has 7 heteroatoms. The Bertz CT molecular complexity index is 1010. The number of rotatable bonds is 7. The lowest BCUT2D eigenvalue weighted by Crippen LogP contribution is -2.49. The third-order valence-corrected chi connectivity index (χ3v) is 5.40. The topological polar surface area (TPSA) is 75.2 Å². The largest absolute Gasteiger partial charge is 0.349 e. The molecule has 0 radical (unpaired) electrons. The number of hydrogen-bond acceptors (Lipinski definition) is 5. The van der Waals surface area contributed by atoms with Gasteiger partial charge in [-0.3, -0.25) is 9.59 Å². The quantitative estimate of drug-likeness (QED) is 0.603. The highest BCUT2D eigenvalue weighted by atomic mass is 32.1. The van der Waals surface area contributed by atoms with Gasteiger partial charge >= 0.3 is 0 Å². The molecule has 0 aliphatic carbocycles. The van der Waals surface area contributed by atoms with E-state index in [0.717, 1.165) is 28.2 Å². The van der Waals surface area contributed by atoms with Crippen LogP contribution in [0, 0.1) is 6.92 Å². The Morgan fingerprint density at radius 2 is 1.74 bits per heavy atom. The number of aromatic nitrogens is 2. The van der Waals surface area contributed by atoms with Crippen LogP contribution in [-0.4, -0.2) is 38.4 Å². The molecule has 6 nitrogen and oxygen atoms in total. The zero-order valence-electron chi connectivity index (χ0n) is 18.3. The fourth-order valence-corrected chi connectivity index (χ4v) is 3.86. The summed E-state index contributed by atoms with van der Waals surface area (Å²) in [6.45, 7) is 8.20. The average Bonchev–Trinajstić information content (AvgIpc) is 3.26. The summed E-state index contributed by atoms with van der Waals surface area (Å²) in [5, 5.41) is 8.62. The molecule has 0 bridgehead atoms. The van der Waals surface area contributed by atoms with Crippen LogP contribution in [0.15, 0.2) is 60.0 Å². The summed E-state index contributed by atoms with van der Waals surface area (Å²) in [5.74, 6) is -0.528. The smallest absolute Gasteiger partial charge is 0.276 e. The Kier molecular flexibility index (Phi) is 7.17. The van der Waals surface area contributed by atoms with E-state index in [1.54, 1.807) is 10.3 Å². The lowest BCUT2D eigenvalue weighted by atomic mass is 10.00. The number of carbonyl (C=O) groups is 2. The van der Waals surface area contributed by atoms with Crippen LogP contribution in [0.2, 0.25) is 0 Å². The van der Waals surface area contributed by atoms with Crippen molar-refractivity contribution in [3.05, 3.63) is 82.4 Å². The number of benzene rings is 2. The van der Waals surface area contributed by atoms with Crippen molar-refractivity contribution in [3.8, 4) is 0 Å². The number of carbonyl (C=O) groups excluding carboxylic acids is 2. The van der Waals surface area contributed by atoms with Crippen LogP contribution >= 0.6 is 11.5 Å². The molecule has 1 atom stereocenters. The van der Waals surface area contributed by atoms with Gasteiger partial charge in [-0.2, -0.15) is 0 Å². The molecule has 2 amide bonds. The molecule has 0 unspecified atom stereocenters.